The van der Waals surface area contributed by atoms with Crippen LogP contribution in [0.4, 0.5) is 0 Å². The van der Waals surface area contributed by atoms with Crippen LogP contribution in [0, 0.1) is 11.8 Å². The molecule has 2 atom stereocenters. The van der Waals surface area contributed by atoms with E-state index in [9.17, 15) is 0 Å². The number of allylic oxidation sites excluding steroid dienone is 4. The van der Waals surface area contributed by atoms with Crippen molar-refractivity contribution in [3.63, 3.8) is 0 Å². The summed E-state index contributed by atoms with van der Waals surface area (Å²) in [5.74, 6) is 1.15. The first-order valence-corrected chi connectivity index (χ1v) is 6.14. The molecule has 15 heavy (non-hydrogen) atoms. The first kappa shape index (κ1) is 12.5. The van der Waals surface area contributed by atoms with E-state index in [-0.39, 0.29) is 0 Å². The number of hydrogen-bond donors (Lipinski definition) is 0. The van der Waals surface area contributed by atoms with E-state index in [1.54, 1.807) is 0 Å². The Kier molecular flexibility index (Phi) is 5.70. The maximum absolute atomic E-state index is 5.92. The second-order valence-corrected chi connectivity index (χ2v) is 4.65. The quantitative estimate of drug-likeness (QED) is 0.637. The van der Waals surface area contributed by atoms with Crippen LogP contribution in [-0.2, 0) is 0 Å². The first-order chi connectivity index (χ1) is 7.22. The van der Waals surface area contributed by atoms with Crippen molar-refractivity contribution in [3.8, 4) is 0 Å². The van der Waals surface area contributed by atoms with E-state index >= 15 is 0 Å². The van der Waals surface area contributed by atoms with Crippen molar-refractivity contribution in [2.75, 3.05) is 6.54 Å². The average molecular weight is 226 g/mol. The maximum Gasteiger partial charge on any atom is 0.0411 e. The van der Waals surface area contributed by atoms with Gasteiger partial charge in [0, 0.05) is 23.7 Å². The van der Waals surface area contributed by atoms with Gasteiger partial charge in [-0.2, -0.15) is 0 Å². The SMILES string of the molecule is CCC(C)C/N=C/C1C=CC(Cl)=CCC1. The van der Waals surface area contributed by atoms with Crippen molar-refractivity contribution in [1.29, 1.82) is 0 Å². The molecule has 0 aromatic carbocycles. The summed E-state index contributed by atoms with van der Waals surface area (Å²) < 4.78 is 0. The van der Waals surface area contributed by atoms with Gasteiger partial charge in [0.25, 0.3) is 0 Å². The lowest BCUT2D eigenvalue weighted by atomic mass is 10.1. The van der Waals surface area contributed by atoms with E-state index in [4.69, 9.17) is 11.6 Å². The highest BCUT2D eigenvalue weighted by Gasteiger charge is 2.04. The fourth-order valence-corrected chi connectivity index (χ4v) is 1.60. The summed E-state index contributed by atoms with van der Waals surface area (Å²) in [5.41, 5.74) is 0. The lowest BCUT2D eigenvalue weighted by Gasteiger charge is -2.05. The van der Waals surface area contributed by atoms with Gasteiger partial charge in [0.2, 0.25) is 0 Å². The number of aliphatic imine (C=N–C) groups is 1. The molecule has 1 rings (SSSR count). The predicted molar refractivity (Wildman–Crippen MR) is 68.6 cm³/mol. The summed E-state index contributed by atoms with van der Waals surface area (Å²) in [4.78, 5) is 4.49. The normalized spacial score (nSPS) is 23.9. The molecular formula is C13H20ClN. The van der Waals surface area contributed by atoms with Gasteiger partial charge in [-0.25, -0.2) is 0 Å². The molecule has 2 heteroatoms. The minimum Gasteiger partial charge on any atom is -0.297 e. The van der Waals surface area contributed by atoms with Crippen molar-refractivity contribution in [3.05, 3.63) is 23.3 Å². The van der Waals surface area contributed by atoms with Gasteiger partial charge >= 0.3 is 0 Å². The maximum atomic E-state index is 5.92. The van der Waals surface area contributed by atoms with Crippen molar-refractivity contribution in [1.82, 2.24) is 0 Å². The van der Waals surface area contributed by atoms with Crippen molar-refractivity contribution in [2.24, 2.45) is 16.8 Å². The fourth-order valence-electron chi connectivity index (χ4n) is 1.42. The summed E-state index contributed by atoms with van der Waals surface area (Å²) >= 11 is 5.92. The number of rotatable bonds is 4. The molecule has 0 aliphatic heterocycles. The van der Waals surface area contributed by atoms with Gasteiger partial charge in [-0.05, 0) is 24.8 Å². The predicted octanol–water partition coefficient (Wildman–Crippen LogP) is 4.19. The van der Waals surface area contributed by atoms with Crippen LogP contribution in [0.1, 0.15) is 33.1 Å². The molecule has 0 radical (unpaired) electrons. The molecule has 1 nitrogen and oxygen atoms in total. The highest BCUT2D eigenvalue weighted by molar-refractivity contribution is 6.31. The van der Waals surface area contributed by atoms with Gasteiger partial charge in [0.05, 0.1) is 0 Å². The van der Waals surface area contributed by atoms with Gasteiger partial charge in [0.15, 0.2) is 0 Å². The zero-order chi connectivity index (χ0) is 11.1. The smallest absolute Gasteiger partial charge is 0.0411 e. The molecule has 0 fully saturated rings. The van der Waals surface area contributed by atoms with Crippen molar-refractivity contribution in [2.45, 2.75) is 33.1 Å². The van der Waals surface area contributed by atoms with Gasteiger partial charge in [-0.1, -0.05) is 44.0 Å². The number of hydrogen-bond acceptors (Lipinski definition) is 1. The Morgan fingerprint density at radius 1 is 1.67 bits per heavy atom. The largest absolute Gasteiger partial charge is 0.297 e. The topological polar surface area (TPSA) is 12.4 Å². The second-order valence-electron chi connectivity index (χ2n) is 4.22. The van der Waals surface area contributed by atoms with Gasteiger partial charge in [-0.15, -0.1) is 0 Å². The molecule has 0 aromatic rings. The standard InChI is InChI=1S/C13H20ClN/c1-3-11(2)9-15-10-12-5-4-6-13(14)8-7-12/h6-8,10-12H,3-5,9H2,1-2H3/b15-10+. The van der Waals surface area contributed by atoms with E-state index in [1.165, 1.54) is 6.42 Å². The van der Waals surface area contributed by atoms with E-state index in [0.717, 1.165) is 24.4 Å². The summed E-state index contributed by atoms with van der Waals surface area (Å²) in [6.45, 7) is 5.39. The molecular weight excluding hydrogens is 206 g/mol. The summed E-state index contributed by atoms with van der Waals surface area (Å²) in [5, 5.41) is 0.854. The number of halogens is 1. The van der Waals surface area contributed by atoms with E-state index in [0.29, 0.717) is 11.8 Å². The average Bonchev–Trinajstić information content (AvgIpc) is 2.43. The van der Waals surface area contributed by atoms with E-state index in [2.05, 4.69) is 37.2 Å². The molecule has 84 valence electrons. The van der Waals surface area contributed by atoms with E-state index < -0.39 is 0 Å². The Hall–Kier alpha value is -0.560. The molecule has 2 unspecified atom stereocenters. The molecule has 0 spiro atoms. The Morgan fingerprint density at radius 2 is 2.47 bits per heavy atom. The van der Waals surface area contributed by atoms with Crippen LogP contribution in [-0.4, -0.2) is 12.8 Å². The van der Waals surface area contributed by atoms with Gasteiger partial charge in [-0.3, -0.25) is 4.99 Å². The van der Waals surface area contributed by atoms with Crippen molar-refractivity contribution >= 4 is 17.8 Å². The Bertz CT molecular complexity index is 266. The number of nitrogens with zero attached hydrogens (tertiary/aromatic N) is 1. The lowest BCUT2D eigenvalue weighted by molar-refractivity contribution is 0.576. The van der Waals surface area contributed by atoms with Gasteiger partial charge in [0.1, 0.15) is 0 Å². The third-order valence-corrected chi connectivity index (χ3v) is 3.03. The molecule has 1 aliphatic carbocycles. The van der Waals surface area contributed by atoms with Crippen LogP contribution in [0.5, 0.6) is 0 Å². The molecule has 0 amide bonds. The summed E-state index contributed by atoms with van der Waals surface area (Å²) in [6, 6.07) is 0. The fraction of sp³-hybridized carbons (Fsp3) is 0.615. The minimum absolute atomic E-state index is 0.460. The van der Waals surface area contributed by atoms with Crippen LogP contribution < -0.4 is 0 Å². The van der Waals surface area contributed by atoms with Crippen LogP contribution in [0.2, 0.25) is 0 Å². The van der Waals surface area contributed by atoms with Crippen LogP contribution in [0.25, 0.3) is 0 Å². The van der Waals surface area contributed by atoms with E-state index in [1.807, 2.05) is 6.08 Å². The summed E-state index contributed by atoms with van der Waals surface area (Å²) in [7, 11) is 0. The molecule has 0 bridgehead atoms. The first-order valence-electron chi connectivity index (χ1n) is 5.76. The molecule has 0 aromatic heterocycles. The Labute approximate surface area is 97.9 Å². The minimum atomic E-state index is 0.460. The zero-order valence-electron chi connectivity index (χ0n) is 9.62. The molecule has 0 saturated heterocycles. The molecule has 0 saturated carbocycles. The highest BCUT2D eigenvalue weighted by atomic mass is 35.5. The Morgan fingerprint density at radius 3 is 3.20 bits per heavy atom. The monoisotopic (exact) mass is 225 g/mol. The van der Waals surface area contributed by atoms with Crippen LogP contribution >= 0.6 is 11.6 Å². The third-order valence-electron chi connectivity index (χ3n) is 2.75. The van der Waals surface area contributed by atoms with Crippen LogP contribution in [0.15, 0.2) is 28.3 Å². The van der Waals surface area contributed by atoms with Gasteiger partial charge < -0.3 is 0 Å². The molecule has 0 heterocycles. The molecule has 1 aliphatic rings. The third kappa shape index (κ3) is 5.17. The second kappa shape index (κ2) is 6.84. The lowest BCUT2D eigenvalue weighted by Crippen LogP contribution is -2.01. The van der Waals surface area contributed by atoms with Crippen LogP contribution in [0.3, 0.4) is 0 Å². The highest BCUT2D eigenvalue weighted by Crippen LogP contribution is 2.17. The zero-order valence-corrected chi connectivity index (χ0v) is 10.4. The Balaban J connectivity index is 2.36. The van der Waals surface area contributed by atoms with Crippen molar-refractivity contribution < 1.29 is 0 Å². The molecule has 0 N–H and O–H groups in total. The summed E-state index contributed by atoms with van der Waals surface area (Å²) in [6.07, 6.45) is 11.6.